The van der Waals surface area contributed by atoms with E-state index in [9.17, 15) is 5.11 Å². The Kier molecular flexibility index (Phi) is 10.2. The van der Waals surface area contributed by atoms with Crippen LogP contribution in [0.4, 0.5) is 0 Å². The molecule has 0 aliphatic rings. The van der Waals surface area contributed by atoms with Crippen molar-refractivity contribution in [1.82, 2.24) is 0 Å². The zero-order valence-electron chi connectivity index (χ0n) is 14.3. The summed E-state index contributed by atoms with van der Waals surface area (Å²) < 4.78 is 0. The van der Waals surface area contributed by atoms with Crippen LogP contribution in [0.15, 0.2) is 91.0 Å². The summed E-state index contributed by atoms with van der Waals surface area (Å²) in [6.07, 6.45) is 0.769. The third kappa shape index (κ3) is 7.35. The Morgan fingerprint density at radius 1 is 0.593 bits per heavy atom. The van der Waals surface area contributed by atoms with Crippen LogP contribution >= 0.6 is 63.7 Å². The van der Waals surface area contributed by atoms with Crippen molar-refractivity contribution in [3.63, 3.8) is 0 Å². The SMILES string of the molecule is OCC[P+](c1ccccc1)(c1ccccc1)c1ccccc1.[Br][Fe-]([Br])([Br])[Br]. The van der Waals surface area contributed by atoms with Crippen molar-refractivity contribution in [1.29, 1.82) is 0 Å². The Bertz CT molecular complexity index is 696. The van der Waals surface area contributed by atoms with Crippen molar-refractivity contribution in [2.75, 3.05) is 12.8 Å². The Balaban J connectivity index is 0.000000465. The fourth-order valence-corrected chi connectivity index (χ4v) is 7.04. The van der Waals surface area contributed by atoms with Crippen molar-refractivity contribution >= 4 is 79.6 Å². The van der Waals surface area contributed by atoms with Crippen molar-refractivity contribution in [3.8, 4) is 0 Å². The first-order chi connectivity index (χ1) is 12.9. The summed E-state index contributed by atoms with van der Waals surface area (Å²) in [7, 11) is -1.80. The second-order valence-corrected chi connectivity index (χ2v) is 42.6. The first-order valence-electron chi connectivity index (χ1n) is 8.07. The van der Waals surface area contributed by atoms with E-state index in [1.807, 2.05) is 18.2 Å². The van der Waals surface area contributed by atoms with Crippen molar-refractivity contribution in [2.45, 2.75) is 0 Å². The van der Waals surface area contributed by atoms with Crippen LogP contribution in [0.3, 0.4) is 0 Å². The first-order valence-corrected chi connectivity index (χ1v) is 21.0. The molecule has 0 atom stereocenters. The molecule has 0 aliphatic carbocycles. The Hall–Kier alpha value is 0.489. The molecule has 3 rings (SSSR count). The number of hydrogen-bond acceptors (Lipinski definition) is 1. The quantitative estimate of drug-likeness (QED) is 0.246. The molecule has 0 saturated heterocycles. The summed E-state index contributed by atoms with van der Waals surface area (Å²) in [4.78, 5) is 0. The van der Waals surface area contributed by atoms with E-state index in [0.29, 0.717) is 0 Å². The van der Waals surface area contributed by atoms with E-state index in [1.54, 1.807) is 0 Å². The molecule has 0 aromatic heterocycles. The molecular weight excluding hydrogens is 663 g/mol. The molecule has 3 aromatic rings. The van der Waals surface area contributed by atoms with Gasteiger partial charge in [0.15, 0.2) is 0 Å². The fourth-order valence-electron chi connectivity index (χ4n) is 3.03. The van der Waals surface area contributed by atoms with Gasteiger partial charge >= 0.3 is 62.1 Å². The Morgan fingerprint density at radius 3 is 1.07 bits per heavy atom. The minimum atomic E-state index is -1.80. The number of rotatable bonds is 5. The molecule has 7 heteroatoms. The maximum atomic E-state index is 9.81. The molecule has 0 heterocycles. The van der Waals surface area contributed by atoms with E-state index in [-0.39, 0.29) is 6.61 Å². The summed E-state index contributed by atoms with van der Waals surface area (Å²) in [5, 5.41) is 13.8. The van der Waals surface area contributed by atoms with Crippen LogP contribution in [0.2, 0.25) is 0 Å². The second kappa shape index (κ2) is 11.6. The predicted molar refractivity (Wildman–Crippen MR) is 133 cm³/mol. The molecule has 0 spiro atoms. The van der Waals surface area contributed by atoms with Gasteiger partial charge in [-0.05, 0) is 36.4 Å². The van der Waals surface area contributed by atoms with Gasteiger partial charge in [0.1, 0.15) is 23.2 Å². The van der Waals surface area contributed by atoms with E-state index in [1.165, 1.54) is 15.9 Å². The summed E-state index contributed by atoms with van der Waals surface area (Å²) in [5.74, 6) is 0. The van der Waals surface area contributed by atoms with Crippen LogP contribution in [-0.4, -0.2) is 17.9 Å². The van der Waals surface area contributed by atoms with Crippen LogP contribution in [0.25, 0.3) is 0 Å². The molecule has 0 saturated carbocycles. The average Bonchev–Trinajstić information content (AvgIpc) is 2.67. The van der Waals surface area contributed by atoms with Crippen molar-refractivity contribution < 1.29 is 10.7 Å². The number of aliphatic hydroxyl groups is 1. The second-order valence-electron chi connectivity index (χ2n) is 5.57. The molecule has 0 bridgehead atoms. The minimum absolute atomic E-state index is 0.187. The topological polar surface area (TPSA) is 20.2 Å². The van der Waals surface area contributed by atoms with Gasteiger partial charge < -0.3 is 5.11 Å². The molecule has 0 amide bonds. The molecule has 1 nitrogen and oxygen atoms in total. The van der Waals surface area contributed by atoms with Gasteiger partial charge in [0.2, 0.25) is 0 Å². The molecule has 3 aromatic carbocycles. The number of halogens is 4. The molecule has 147 valence electrons. The molecule has 27 heavy (non-hydrogen) atoms. The predicted octanol–water partition coefficient (Wildman–Crippen LogP) is 6.35. The molecule has 1 N–H and O–H groups in total. The van der Waals surface area contributed by atoms with Gasteiger partial charge in [-0.25, -0.2) is 0 Å². The third-order valence-corrected chi connectivity index (χ3v) is 8.44. The number of benzene rings is 3. The van der Waals surface area contributed by atoms with E-state index in [2.05, 4.69) is 129 Å². The zero-order valence-corrected chi connectivity index (χ0v) is 22.7. The molecule has 0 radical (unpaired) electrons. The van der Waals surface area contributed by atoms with Gasteiger partial charge in [-0.15, -0.1) is 0 Å². The molecule has 0 unspecified atom stereocenters. The summed E-state index contributed by atoms with van der Waals surface area (Å²) in [5.41, 5.74) is -1.25. The first kappa shape index (κ1) is 23.8. The van der Waals surface area contributed by atoms with Crippen LogP contribution in [0.1, 0.15) is 0 Å². The van der Waals surface area contributed by atoms with Gasteiger partial charge in [0, 0.05) is 0 Å². The van der Waals surface area contributed by atoms with Gasteiger partial charge in [0.05, 0.1) is 12.8 Å². The van der Waals surface area contributed by atoms with E-state index in [0.717, 1.165) is 6.16 Å². The zero-order chi connectivity index (χ0) is 19.8. The van der Waals surface area contributed by atoms with E-state index >= 15 is 0 Å². The average molecular weight is 683 g/mol. The fraction of sp³-hybridized carbons (Fsp3) is 0.100. The number of aliphatic hydroxyl groups excluding tert-OH is 1. The van der Waals surface area contributed by atoms with Crippen LogP contribution < -0.4 is 15.9 Å². The normalized spacial score (nSPS) is 12.0. The third-order valence-electron chi connectivity index (χ3n) is 4.03. The van der Waals surface area contributed by atoms with Crippen LogP contribution in [0.5, 0.6) is 0 Å². The molecule has 0 aliphatic heterocycles. The Labute approximate surface area is 192 Å². The molecule has 0 fully saturated rings. The van der Waals surface area contributed by atoms with Crippen molar-refractivity contribution in [3.05, 3.63) is 91.0 Å². The maximum absolute atomic E-state index is 9.81. The van der Waals surface area contributed by atoms with Gasteiger partial charge in [0.25, 0.3) is 0 Å². The monoisotopic (exact) mass is 679 g/mol. The van der Waals surface area contributed by atoms with E-state index in [4.69, 9.17) is 0 Å². The Morgan fingerprint density at radius 2 is 0.852 bits per heavy atom. The van der Waals surface area contributed by atoms with Gasteiger partial charge in [-0.2, -0.15) is 0 Å². The van der Waals surface area contributed by atoms with Crippen LogP contribution in [0, 0.1) is 0 Å². The van der Waals surface area contributed by atoms with E-state index < -0.39 is 12.9 Å². The molecular formula is C20H20Br4FeOP. The van der Waals surface area contributed by atoms with Crippen molar-refractivity contribution in [2.24, 2.45) is 0 Å². The summed E-state index contributed by atoms with van der Waals surface area (Å²) >= 11 is 13.0. The van der Waals surface area contributed by atoms with Gasteiger partial charge in [-0.3, -0.25) is 0 Å². The summed E-state index contributed by atoms with van der Waals surface area (Å²) in [6.45, 7) is 0.187. The van der Waals surface area contributed by atoms with Crippen LogP contribution in [-0.2, 0) is 5.61 Å². The van der Waals surface area contributed by atoms with Gasteiger partial charge in [-0.1, -0.05) is 54.6 Å². The summed E-state index contributed by atoms with van der Waals surface area (Å²) in [6, 6.07) is 31.9. The standard InChI is InChI=1S/C20H20OP.4BrH.Fe/c21-16-17-22(18-10-4-1-5-11-18,19-12-6-2-7-13-19)20-14-8-3-9-15-20;;;;;/h1-15,21H,16-17H2;4*1H;/q+1;;;;;+3/p-4. The number of hydrogen-bond donors (Lipinski definition) is 1.